The molecule has 0 bridgehead atoms. The van der Waals surface area contributed by atoms with Gasteiger partial charge in [-0.15, -0.1) is 0 Å². The Morgan fingerprint density at radius 2 is 0.565 bits per heavy atom. The second kappa shape index (κ2) is 30.1. The lowest BCUT2D eigenvalue weighted by Crippen LogP contribution is -1.87. The number of benzene rings is 2. The van der Waals surface area contributed by atoms with Gasteiger partial charge in [0.15, 0.2) is 0 Å². The van der Waals surface area contributed by atoms with E-state index in [1.165, 1.54) is 191 Å². The quantitative estimate of drug-likeness (QED) is 0.0586. The third-order valence-corrected chi connectivity index (χ3v) is 9.52. The van der Waals surface area contributed by atoms with Crippen LogP contribution in [0.4, 0.5) is 11.4 Å². The number of hydrogen-bond donors (Lipinski definition) is 0. The highest BCUT2D eigenvalue weighted by Crippen LogP contribution is 2.18. The van der Waals surface area contributed by atoms with E-state index >= 15 is 0 Å². The molecule has 0 aliphatic rings. The average molecular weight is 629 g/mol. The van der Waals surface area contributed by atoms with Crippen molar-refractivity contribution >= 4 is 23.8 Å². The van der Waals surface area contributed by atoms with Gasteiger partial charge in [0, 0.05) is 12.4 Å². The number of unbranched alkanes of at least 4 members (excludes halogenated alkanes) is 24. The van der Waals surface area contributed by atoms with Gasteiger partial charge >= 0.3 is 0 Å². The molecule has 0 spiro atoms. The molecule has 2 aromatic rings. The number of hydrogen-bond acceptors (Lipinski definition) is 2. The fourth-order valence-corrected chi connectivity index (χ4v) is 6.43. The van der Waals surface area contributed by atoms with Crippen LogP contribution in [0.5, 0.6) is 0 Å². The van der Waals surface area contributed by atoms with E-state index in [1.807, 2.05) is 12.4 Å². The molecule has 0 heterocycles. The average Bonchev–Trinajstić information content (AvgIpc) is 3.08. The van der Waals surface area contributed by atoms with Gasteiger partial charge < -0.3 is 0 Å². The summed E-state index contributed by atoms with van der Waals surface area (Å²) in [6, 6.07) is 17.5. The Labute approximate surface area is 286 Å². The second-order valence-corrected chi connectivity index (χ2v) is 13.9. The molecule has 0 saturated heterocycles. The predicted molar refractivity (Wildman–Crippen MR) is 208 cm³/mol. The molecular weight excluding hydrogens is 556 g/mol. The highest BCUT2D eigenvalue weighted by molar-refractivity contribution is 6.17. The maximum atomic E-state index is 4.57. The minimum absolute atomic E-state index is 0.994. The Morgan fingerprint density at radius 1 is 0.326 bits per heavy atom. The summed E-state index contributed by atoms with van der Waals surface area (Å²) in [4.78, 5) is 9.15. The van der Waals surface area contributed by atoms with E-state index in [9.17, 15) is 0 Å². The molecule has 258 valence electrons. The molecule has 2 heteroatoms. The number of aliphatic imine (C=N–C) groups is 2. The molecule has 0 saturated carbocycles. The van der Waals surface area contributed by atoms with Crippen LogP contribution in [0.2, 0.25) is 0 Å². The lowest BCUT2D eigenvalue weighted by molar-refractivity contribution is 0.539. The van der Waals surface area contributed by atoms with Gasteiger partial charge in [-0.3, -0.25) is 9.98 Å². The van der Waals surface area contributed by atoms with Gasteiger partial charge in [0.05, 0.1) is 11.4 Å². The number of rotatable bonds is 31. The normalized spacial score (nSPS) is 11.8. The maximum absolute atomic E-state index is 4.57. The van der Waals surface area contributed by atoms with E-state index < -0.39 is 0 Å². The number of aryl methyl sites for hydroxylation is 2. The van der Waals surface area contributed by atoms with Crippen LogP contribution < -0.4 is 0 Å². The molecule has 46 heavy (non-hydrogen) atoms. The zero-order valence-corrected chi connectivity index (χ0v) is 30.5. The zero-order chi connectivity index (χ0) is 32.6. The van der Waals surface area contributed by atoms with Crippen LogP contribution in [0.3, 0.4) is 0 Å². The SMILES string of the molecule is CCCCCCCCCCCCCCCc1ccc(/N=C/C=N/c2ccc(CCCCCCCCCCCCCCC)cc2)cc1. The van der Waals surface area contributed by atoms with Crippen LogP contribution in [0.1, 0.15) is 192 Å². The van der Waals surface area contributed by atoms with Crippen molar-refractivity contribution in [1.29, 1.82) is 0 Å². The van der Waals surface area contributed by atoms with E-state index in [0.717, 1.165) is 11.4 Å². The Hall–Kier alpha value is -2.22. The summed E-state index contributed by atoms with van der Waals surface area (Å²) in [5.41, 5.74) is 4.84. The van der Waals surface area contributed by atoms with Crippen molar-refractivity contribution in [3.63, 3.8) is 0 Å². The Bertz CT molecular complexity index is 890. The van der Waals surface area contributed by atoms with Crippen molar-refractivity contribution in [3.8, 4) is 0 Å². The van der Waals surface area contributed by atoms with E-state index in [-0.39, 0.29) is 0 Å². The first-order valence-corrected chi connectivity index (χ1v) is 20.1. The molecule has 2 nitrogen and oxygen atoms in total. The zero-order valence-electron chi connectivity index (χ0n) is 30.5. The second-order valence-electron chi connectivity index (χ2n) is 13.9. The van der Waals surface area contributed by atoms with Crippen LogP contribution in [-0.4, -0.2) is 12.4 Å². The fraction of sp³-hybridized carbons (Fsp3) is 0.682. The molecule has 0 fully saturated rings. The fourth-order valence-electron chi connectivity index (χ4n) is 6.43. The van der Waals surface area contributed by atoms with Crippen molar-refractivity contribution in [3.05, 3.63) is 59.7 Å². The van der Waals surface area contributed by atoms with Crippen LogP contribution >= 0.6 is 0 Å². The summed E-state index contributed by atoms with van der Waals surface area (Å²) >= 11 is 0. The van der Waals surface area contributed by atoms with Crippen molar-refractivity contribution in [2.24, 2.45) is 9.98 Å². The Balaban J connectivity index is 1.45. The van der Waals surface area contributed by atoms with Gasteiger partial charge in [0.2, 0.25) is 0 Å². The first kappa shape index (κ1) is 40.0. The predicted octanol–water partition coefficient (Wildman–Crippen LogP) is 15.1. The van der Waals surface area contributed by atoms with Crippen molar-refractivity contribution in [1.82, 2.24) is 0 Å². The van der Waals surface area contributed by atoms with E-state index in [4.69, 9.17) is 0 Å². The summed E-state index contributed by atoms with van der Waals surface area (Å²) < 4.78 is 0. The molecule has 0 atom stereocenters. The standard InChI is InChI=1S/C44H72N2/c1-3-5-7-9-11-13-15-17-19-21-23-25-27-29-41-31-35-43(36-32-41)45-39-40-46-44-37-33-42(34-38-44)30-28-26-24-22-20-18-16-14-12-10-8-6-4-2/h31-40H,3-30H2,1-2H3/b45-39+,46-40+. The van der Waals surface area contributed by atoms with Gasteiger partial charge in [0.1, 0.15) is 0 Å². The third-order valence-electron chi connectivity index (χ3n) is 9.52. The van der Waals surface area contributed by atoms with Crippen LogP contribution in [0, 0.1) is 0 Å². The molecule has 0 aliphatic carbocycles. The van der Waals surface area contributed by atoms with Crippen LogP contribution in [0.25, 0.3) is 0 Å². The molecule has 0 aliphatic heterocycles. The summed E-state index contributed by atoms with van der Waals surface area (Å²) in [6.45, 7) is 4.59. The summed E-state index contributed by atoms with van der Waals surface area (Å²) in [5.74, 6) is 0. The van der Waals surface area contributed by atoms with Gasteiger partial charge in [0.25, 0.3) is 0 Å². The Kier molecular flexibility index (Phi) is 26.2. The molecule has 2 rings (SSSR count). The summed E-state index contributed by atoms with van der Waals surface area (Å²) in [5, 5.41) is 0. The first-order chi connectivity index (χ1) is 22.8. The lowest BCUT2D eigenvalue weighted by atomic mass is 10.0. The van der Waals surface area contributed by atoms with Gasteiger partial charge in [-0.2, -0.15) is 0 Å². The van der Waals surface area contributed by atoms with Gasteiger partial charge in [-0.25, -0.2) is 0 Å². The minimum Gasteiger partial charge on any atom is -0.255 e. The highest BCUT2D eigenvalue weighted by atomic mass is 14.8. The lowest BCUT2D eigenvalue weighted by Gasteiger charge is -2.04. The van der Waals surface area contributed by atoms with E-state index in [1.54, 1.807) is 0 Å². The van der Waals surface area contributed by atoms with Crippen molar-refractivity contribution in [2.75, 3.05) is 0 Å². The molecule has 0 amide bonds. The third kappa shape index (κ3) is 23.2. The number of nitrogens with zero attached hydrogens (tertiary/aromatic N) is 2. The van der Waals surface area contributed by atoms with Crippen molar-refractivity contribution in [2.45, 2.75) is 194 Å². The molecule has 0 unspecified atom stereocenters. The molecular formula is C44H72N2. The molecule has 0 N–H and O–H groups in total. The Morgan fingerprint density at radius 3 is 0.826 bits per heavy atom. The summed E-state index contributed by atoms with van der Waals surface area (Å²) in [6.07, 6.45) is 42.6. The molecule has 0 aromatic heterocycles. The smallest absolute Gasteiger partial charge is 0.0630 e. The molecule has 0 radical (unpaired) electrons. The van der Waals surface area contributed by atoms with Gasteiger partial charge in [-0.05, 0) is 61.1 Å². The van der Waals surface area contributed by atoms with E-state index in [2.05, 4.69) is 72.4 Å². The topological polar surface area (TPSA) is 24.7 Å². The molecule has 2 aromatic carbocycles. The van der Waals surface area contributed by atoms with Crippen LogP contribution in [-0.2, 0) is 12.8 Å². The van der Waals surface area contributed by atoms with Crippen LogP contribution in [0.15, 0.2) is 58.5 Å². The minimum atomic E-state index is 0.994. The van der Waals surface area contributed by atoms with Crippen molar-refractivity contribution < 1.29 is 0 Å². The maximum Gasteiger partial charge on any atom is 0.0630 e. The highest BCUT2D eigenvalue weighted by Gasteiger charge is 1.98. The van der Waals surface area contributed by atoms with E-state index in [0.29, 0.717) is 0 Å². The largest absolute Gasteiger partial charge is 0.255 e. The monoisotopic (exact) mass is 629 g/mol. The summed E-state index contributed by atoms with van der Waals surface area (Å²) in [7, 11) is 0. The van der Waals surface area contributed by atoms with Gasteiger partial charge in [-0.1, -0.05) is 192 Å². The first-order valence-electron chi connectivity index (χ1n) is 20.1.